The van der Waals surface area contributed by atoms with Crippen molar-refractivity contribution in [3.05, 3.63) is 42.5 Å². The van der Waals surface area contributed by atoms with Gasteiger partial charge >= 0.3 is 6.09 Å². The molecular formula is C13H14N2O2. The zero-order chi connectivity index (χ0) is 12.3. The highest BCUT2D eigenvalue weighted by molar-refractivity contribution is 5.99. The van der Waals surface area contributed by atoms with Gasteiger partial charge in [-0.05, 0) is 11.5 Å². The van der Waals surface area contributed by atoms with Crippen LogP contribution in [0.1, 0.15) is 0 Å². The summed E-state index contributed by atoms with van der Waals surface area (Å²) in [5.74, 6) is 0. The average Bonchev–Trinajstić information content (AvgIpc) is 2.28. The van der Waals surface area contributed by atoms with E-state index in [1.807, 2.05) is 42.5 Å². The van der Waals surface area contributed by atoms with Crippen molar-refractivity contribution in [2.24, 2.45) is 0 Å². The Morgan fingerprint density at radius 2 is 1.82 bits per heavy atom. The number of anilines is 1. The van der Waals surface area contributed by atoms with E-state index >= 15 is 0 Å². The summed E-state index contributed by atoms with van der Waals surface area (Å²) in [6.45, 7) is 0. The van der Waals surface area contributed by atoms with Gasteiger partial charge in [-0.25, -0.2) is 4.79 Å². The van der Waals surface area contributed by atoms with Crippen molar-refractivity contribution >= 4 is 22.6 Å². The summed E-state index contributed by atoms with van der Waals surface area (Å²) < 4.78 is 0. The topological polar surface area (TPSA) is 41.6 Å². The van der Waals surface area contributed by atoms with Crippen LogP contribution in [0.2, 0.25) is 0 Å². The van der Waals surface area contributed by atoms with Gasteiger partial charge in [0, 0.05) is 19.5 Å². The largest absolute Gasteiger partial charge is 0.430 e. The highest BCUT2D eigenvalue weighted by Crippen LogP contribution is 2.22. The van der Waals surface area contributed by atoms with E-state index in [9.17, 15) is 4.79 Å². The summed E-state index contributed by atoms with van der Waals surface area (Å²) in [5, 5.41) is 6.13. The molecular weight excluding hydrogens is 216 g/mol. The first-order valence-corrected chi connectivity index (χ1v) is 5.31. The lowest BCUT2D eigenvalue weighted by Crippen LogP contribution is -2.23. The molecule has 2 rings (SSSR count). The molecule has 88 valence electrons. The Kier molecular flexibility index (Phi) is 3.25. The standard InChI is InChI=1S/C13H14N2O2/c1-15(2)17-13(16)14-12-9-5-7-10-6-3-4-8-11(10)12/h3-9H,1-2H3,(H,14,16). The fourth-order valence-electron chi connectivity index (χ4n) is 1.63. The molecule has 1 amide bonds. The van der Waals surface area contributed by atoms with Crippen LogP contribution >= 0.6 is 0 Å². The summed E-state index contributed by atoms with van der Waals surface area (Å²) in [5.41, 5.74) is 0.745. The number of nitrogens with one attached hydrogen (secondary N) is 1. The van der Waals surface area contributed by atoms with Crippen LogP contribution in [0.5, 0.6) is 0 Å². The highest BCUT2D eigenvalue weighted by atomic mass is 16.7. The first-order valence-electron chi connectivity index (χ1n) is 5.31. The summed E-state index contributed by atoms with van der Waals surface area (Å²) in [7, 11) is 3.31. The Morgan fingerprint density at radius 3 is 2.59 bits per heavy atom. The molecule has 0 aliphatic heterocycles. The summed E-state index contributed by atoms with van der Waals surface area (Å²) in [6, 6.07) is 13.6. The van der Waals surface area contributed by atoms with Gasteiger partial charge in [0.15, 0.2) is 0 Å². The summed E-state index contributed by atoms with van der Waals surface area (Å²) in [4.78, 5) is 16.4. The van der Waals surface area contributed by atoms with Crippen molar-refractivity contribution in [1.82, 2.24) is 5.06 Å². The van der Waals surface area contributed by atoms with E-state index in [1.54, 1.807) is 14.1 Å². The second kappa shape index (κ2) is 4.84. The zero-order valence-corrected chi connectivity index (χ0v) is 9.81. The third kappa shape index (κ3) is 2.73. The number of fused-ring (bicyclic) bond motifs is 1. The molecule has 4 nitrogen and oxygen atoms in total. The van der Waals surface area contributed by atoms with E-state index in [0.29, 0.717) is 0 Å². The maximum Gasteiger partial charge on any atom is 0.430 e. The predicted octanol–water partition coefficient (Wildman–Crippen LogP) is 2.86. The van der Waals surface area contributed by atoms with Crippen LogP contribution < -0.4 is 5.32 Å². The monoisotopic (exact) mass is 230 g/mol. The molecule has 4 heteroatoms. The molecule has 0 aromatic heterocycles. The molecule has 2 aromatic rings. The van der Waals surface area contributed by atoms with Crippen LogP contribution in [0, 0.1) is 0 Å². The summed E-state index contributed by atoms with van der Waals surface area (Å²) in [6.07, 6.45) is -0.494. The SMILES string of the molecule is CN(C)OC(=O)Nc1cccc2ccccc12. The lowest BCUT2D eigenvalue weighted by atomic mass is 10.1. The van der Waals surface area contributed by atoms with Crippen LogP contribution in [0.4, 0.5) is 10.5 Å². The number of carbonyl (C=O) groups is 1. The predicted molar refractivity (Wildman–Crippen MR) is 67.7 cm³/mol. The van der Waals surface area contributed by atoms with Crippen LogP contribution in [0.25, 0.3) is 10.8 Å². The molecule has 17 heavy (non-hydrogen) atoms. The Hall–Kier alpha value is -2.07. The normalized spacial score (nSPS) is 10.5. The van der Waals surface area contributed by atoms with Gasteiger partial charge in [0.2, 0.25) is 0 Å². The molecule has 0 atom stereocenters. The van der Waals surface area contributed by atoms with Gasteiger partial charge in [-0.2, -0.15) is 0 Å². The molecule has 0 bridgehead atoms. The molecule has 0 fully saturated rings. The summed E-state index contributed by atoms with van der Waals surface area (Å²) >= 11 is 0. The van der Waals surface area contributed by atoms with E-state index in [2.05, 4.69) is 5.32 Å². The molecule has 1 N–H and O–H groups in total. The fraction of sp³-hybridized carbons (Fsp3) is 0.154. The first-order chi connectivity index (χ1) is 8.16. The Morgan fingerprint density at radius 1 is 1.12 bits per heavy atom. The van der Waals surface area contributed by atoms with Gasteiger partial charge in [0.1, 0.15) is 0 Å². The first kappa shape index (κ1) is 11.4. The number of amides is 1. The molecule has 0 unspecified atom stereocenters. The van der Waals surface area contributed by atoms with Crippen molar-refractivity contribution in [2.75, 3.05) is 19.4 Å². The van der Waals surface area contributed by atoms with E-state index in [0.717, 1.165) is 16.5 Å². The third-order valence-electron chi connectivity index (χ3n) is 2.29. The number of nitrogens with zero attached hydrogens (tertiary/aromatic N) is 1. The lowest BCUT2D eigenvalue weighted by Gasteiger charge is -2.12. The molecule has 0 aliphatic rings. The molecule has 2 aromatic carbocycles. The maximum atomic E-state index is 11.5. The maximum absolute atomic E-state index is 11.5. The van der Waals surface area contributed by atoms with Gasteiger partial charge < -0.3 is 4.84 Å². The van der Waals surface area contributed by atoms with E-state index < -0.39 is 6.09 Å². The number of hydrogen-bond acceptors (Lipinski definition) is 3. The third-order valence-corrected chi connectivity index (χ3v) is 2.29. The highest BCUT2D eigenvalue weighted by Gasteiger charge is 2.07. The van der Waals surface area contributed by atoms with Crippen molar-refractivity contribution < 1.29 is 9.63 Å². The number of hydrogen-bond donors (Lipinski definition) is 1. The zero-order valence-electron chi connectivity index (χ0n) is 9.81. The van der Waals surface area contributed by atoms with Gasteiger partial charge in [0.05, 0.1) is 5.69 Å². The number of benzene rings is 2. The van der Waals surface area contributed by atoms with Crippen molar-refractivity contribution in [2.45, 2.75) is 0 Å². The van der Waals surface area contributed by atoms with Gasteiger partial charge in [-0.15, -0.1) is 5.06 Å². The molecule has 0 saturated carbocycles. The minimum Gasteiger partial charge on any atom is -0.351 e. The lowest BCUT2D eigenvalue weighted by molar-refractivity contribution is -0.0474. The van der Waals surface area contributed by atoms with Crippen LogP contribution in [0.3, 0.4) is 0 Å². The number of hydroxylamine groups is 2. The molecule has 0 saturated heterocycles. The smallest absolute Gasteiger partial charge is 0.351 e. The minimum atomic E-state index is -0.494. The molecule has 0 heterocycles. The molecule has 0 radical (unpaired) electrons. The Labute approximate surface area is 99.7 Å². The van der Waals surface area contributed by atoms with Crippen molar-refractivity contribution in [1.29, 1.82) is 0 Å². The minimum absolute atomic E-state index is 0.494. The molecule has 0 spiro atoms. The Bertz CT molecular complexity index is 532. The molecule has 0 aliphatic carbocycles. The fourth-order valence-corrected chi connectivity index (χ4v) is 1.63. The van der Waals surface area contributed by atoms with E-state index in [4.69, 9.17) is 4.84 Å². The van der Waals surface area contributed by atoms with E-state index in [-0.39, 0.29) is 0 Å². The van der Waals surface area contributed by atoms with Crippen molar-refractivity contribution in [3.63, 3.8) is 0 Å². The Balaban J connectivity index is 2.27. The second-order valence-electron chi connectivity index (χ2n) is 3.84. The van der Waals surface area contributed by atoms with Gasteiger partial charge in [0.25, 0.3) is 0 Å². The van der Waals surface area contributed by atoms with Crippen LogP contribution in [0.15, 0.2) is 42.5 Å². The van der Waals surface area contributed by atoms with Gasteiger partial charge in [-0.3, -0.25) is 5.32 Å². The van der Waals surface area contributed by atoms with Crippen LogP contribution in [-0.2, 0) is 4.84 Å². The van der Waals surface area contributed by atoms with E-state index in [1.165, 1.54) is 5.06 Å². The average molecular weight is 230 g/mol. The number of rotatable bonds is 2. The van der Waals surface area contributed by atoms with Gasteiger partial charge in [-0.1, -0.05) is 36.4 Å². The van der Waals surface area contributed by atoms with Crippen LogP contribution in [-0.4, -0.2) is 25.3 Å². The quantitative estimate of drug-likeness (QED) is 0.806. The second-order valence-corrected chi connectivity index (χ2v) is 3.84. The number of carbonyl (C=O) groups excluding carboxylic acids is 1. The van der Waals surface area contributed by atoms with Crippen molar-refractivity contribution in [3.8, 4) is 0 Å².